The maximum absolute atomic E-state index is 13.5. The van der Waals surface area contributed by atoms with Gasteiger partial charge in [0.1, 0.15) is 55.1 Å². The molecule has 0 radical (unpaired) electrons. The number of hydrogen-bond donors (Lipinski definition) is 2. The molecule has 3 aromatic carbocycles. The third-order valence-electron chi connectivity index (χ3n) is 7.02. The topological polar surface area (TPSA) is 144 Å². The first-order valence-electron chi connectivity index (χ1n) is 15.8. The number of hydrogen-bond acceptors (Lipinski definition) is 11. The molecule has 0 bridgehead atoms. The summed E-state index contributed by atoms with van der Waals surface area (Å²) < 4.78 is 52.1. The summed E-state index contributed by atoms with van der Waals surface area (Å²) in [4.78, 5) is 19.2. The van der Waals surface area contributed by atoms with Crippen LogP contribution in [0.5, 0.6) is 5.75 Å². The highest BCUT2D eigenvalue weighted by atomic mass is 35.5. The number of benzene rings is 3. The lowest BCUT2D eigenvalue weighted by Gasteiger charge is -2.12. The number of carboxylic acids is 1. The molecular formula is C36H37ClFN3O9. The van der Waals surface area contributed by atoms with Crippen molar-refractivity contribution in [1.82, 2.24) is 9.97 Å². The summed E-state index contributed by atoms with van der Waals surface area (Å²) in [6.45, 7) is 3.10. The fourth-order valence-electron chi connectivity index (χ4n) is 4.65. The number of carbonyl (C=O) groups is 1. The van der Waals surface area contributed by atoms with Gasteiger partial charge in [-0.1, -0.05) is 23.7 Å². The summed E-state index contributed by atoms with van der Waals surface area (Å²) in [6.07, 6.45) is 1.49. The number of aliphatic carboxylic acids is 1. The first-order valence-corrected chi connectivity index (χ1v) is 16.2. The number of carboxylic acid groups (broad SMARTS) is 1. The van der Waals surface area contributed by atoms with Crippen molar-refractivity contribution in [3.63, 3.8) is 0 Å². The molecule has 2 heterocycles. The molecule has 0 unspecified atom stereocenters. The Balaban J connectivity index is 1.04. The van der Waals surface area contributed by atoms with Gasteiger partial charge >= 0.3 is 5.97 Å². The molecule has 5 aromatic rings. The normalized spacial score (nSPS) is 11.2. The van der Waals surface area contributed by atoms with Crippen molar-refractivity contribution in [3.8, 4) is 17.1 Å². The van der Waals surface area contributed by atoms with Gasteiger partial charge in [0, 0.05) is 16.6 Å². The van der Waals surface area contributed by atoms with Crippen molar-refractivity contribution in [2.75, 3.05) is 64.8 Å². The fraction of sp³-hybridized carbons (Fsp3) is 0.306. The van der Waals surface area contributed by atoms with Crippen LogP contribution in [-0.2, 0) is 41.7 Å². The maximum Gasteiger partial charge on any atom is 0.329 e. The van der Waals surface area contributed by atoms with Crippen LogP contribution in [0.15, 0.2) is 83.5 Å². The molecule has 0 aliphatic rings. The largest absolute Gasteiger partial charge is 0.487 e. The number of anilines is 2. The molecule has 12 nitrogen and oxygen atoms in total. The zero-order chi connectivity index (χ0) is 35.0. The zero-order valence-electron chi connectivity index (χ0n) is 27.1. The number of rotatable bonds is 22. The third kappa shape index (κ3) is 11.8. The van der Waals surface area contributed by atoms with E-state index in [1.54, 1.807) is 24.3 Å². The second-order valence-electron chi connectivity index (χ2n) is 10.7. The lowest BCUT2D eigenvalue weighted by molar-refractivity contribution is -0.142. The van der Waals surface area contributed by atoms with Gasteiger partial charge in [-0.2, -0.15) is 0 Å². The number of aromatic nitrogens is 2. The van der Waals surface area contributed by atoms with Crippen LogP contribution in [-0.4, -0.2) is 80.5 Å². The minimum atomic E-state index is -1.01. The highest BCUT2D eigenvalue weighted by Gasteiger charge is 2.11. The Bertz CT molecular complexity index is 1820. The van der Waals surface area contributed by atoms with Crippen molar-refractivity contribution in [1.29, 1.82) is 0 Å². The zero-order valence-corrected chi connectivity index (χ0v) is 27.9. The number of nitrogens with one attached hydrogen (secondary N) is 1. The van der Waals surface area contributed by atoms with Crippen LogP contribution < -0.4 is 10.1 Å². The van der Waals surface area contributed by atoms with E-state index in [2.05, 4.69) is 15.3 Å². The SMILES string of the molecule is O=C(O)COCCOCCOCCOCCOCc1ccc(-c2ccc3ncnc(Nc4ccc(OCc5cccc(F)c5)c(Cl)c4)c3c2)o1. The molecule has 2 aromatic heterocycles. The molecule has 0 amide bonds. The summed E-state index contributed by atoms with van der Waals surface area (Å²) in [5.41, 5.74) is 3.01. The van der Waals surface area contributed by atoms with Gasteiger partial charge in [-0.25, -0.2) is 19.2 Å². The summed E-state index contributed by atoms with van der Waals surface area (Å²) in [6, 6.07) is 21.1. The Labute approximate surface area is 293 Å². The quantitative estimate of drug-likeness (QED) is 0.0741. The molecule has 50 heavy (non-hydrogen) atoms. The van der Waals surface area contributed by atoms with E-state index in [0.717, 1.165) is 16.5 Å². The summed E-state index contributed by atoms with van der Waals surface area (Å²) in [7, 11) is 0. The van der Waals surface area contributed by atoms with Crippen LogP contribution in [0.2, 0.25) is 5.02 Å². The lowest BCUT2D eigenvalue weighted by atomic mass is 10.1. The van der Waals surface area contributed by atoms with Crippen LogP contribution in [0.25, 0.3) is 22.2 Å². The Hall–Kier alpha value is -4.63. The Morgan fingerprint density at radius 3 is 2.26 bits per heavy atom. The molecule has 264 valence electrons. The molecule has 14 heteroatoms. The molecule has 5 rings (SSSR count). The van der Waals surface area contributed by atoms with Crippen LogP contribution in [0.3, 0.4) is 0 Å². The Morgan fingerprint density at radius 2 is 1.54 bits per heavy atom. The molecule has 0 saturated carbocycles. The van der Waals surface area contributed by atoms with Crippen LogP contribution in [0.1, 0.15) is 11.3 Å². The molecule has 0 aliphatic heterocycles. The summed E-state index contributed by atoms with van der Waals surface area (Å²) in [5.74, 6) is 1.09. The summed E-state index contributed by atoms with van der Waals surface area (Å²) >= 11 is 6.50. The highest BCUT2D eigenvalue weighted by molar-refractivity contribution is 6.32. The molecule has 0 spiro atoms. The van der Waals surface area contributed by atoms with Crippen LogP contribution in [0.4, 0.5) is 15.9 Å². The van der Waals surface area contributed by atoms with Crippen molar-refractivity contribution >= 4 is 40.0 Å². The van der Waals surface area contributed by atoms with E-state index in [4.69, 9.17) is 49.5 Å². The van der Waals surface area contributed by atoms with Gasteiger partial charge in [-0.05, 0) is 66.2 Å². The van der Waals surface area contributed by atoms with E-state index in [1.807, 2.05) is 36.4 Å². The van der Waals surface area contributed by atoms with Gasteiger partial charge in [0.2, 0.25) is 0 Å². The maximum atomic E-state index is 13.5. The van der Waals surface area contributed by atoms with Gasteiger partial charge in [-0.3, -0.25) is 0 Å². The second-order valence-corrected chi connectivity index (χ2v) is 11.2. The van der Waals surface area contributed by atoms with E-state index in [-0.39, 0.29) is 25.6 Å². The number of nitrogens with zero attached hydrogens (tertiary/aromatic N) is 2. The van der Waals surface area contributed by atoms with Gasteiger partial charge in [-0.15, -0.1) is 0 Å². The average molecular weight is 710 g/mol. The fourth-order valence-corrected chi connectivity index (χ4v) is 4.89. The number of furan rings is 1. The third-order valence-corrected chi connectivity index (χ3v) is 7.31. The number of halogens is 2. The van der Waals surface area contributed by atoms with Crippen molar-refractivity contribution in [2.24, 2.45) is 0 Å². The molecular weight excluding hydrogens is 673 g/mol. The number of fused-ring (bicyclic) bond motifs is 1. The van der Waals surface area contributed by atoms with Crippen LogP contribution in [0, 0.1) is 5.82 Å². The highest BCUT2D eigenvalue weighted by Crippen LogP contribution is 2.33. The number of ether oxygens (including phenoxy) is 6. The lowest BCUT2D eigenvalue weighted by Crippen LogP contribution is -2.14. The van der Waals surface area contributed by atoms with E-state index >= 15 is 0 Å². The second kappa shape index (κ2) is 19.5. The molecule has 0 fully saturated rings. The molecule has 2 N–H and O–H groups in total. The first-order chi connectivity index (χ1) is 24.4. The molecule has 0 saturated heterocycles. The molecule has 0 atom stereocenters. The van der Waals surface area contributed by atoms with E-state index in [9.17, 15) is 9.18 Å². The first kappa shape index (κ1) is 36.6. The predicted octanol–water partition coefficient (Wildman–Crippen LogP) is 6.67. The molecule has 0 aliphatic carbocycles. The Kier molecular flexibility index (Phi) is 14.3. The average Bonchev–Trinajstić information content (AvgIpc) is 3.58. The van der Waals surface area contributed by atoms with Gasteiger partial charge in [0.15, 0.2) is 0 Å². The predicted molar refractivity (Wildman–Crippen MR) is 183 cm³/mol. The minimum Gasteiger partial charge on any atom is -0.487 e. The smallest absolute Gasteiger partial charge is 0.329 e. The monoisotopic (exact) mass is 709 g/mol. The van der Waals surface area contributed by atoms with Gasteiger partial charge in [0.05, 0.1) is 63.4 Å². The van der Waals surface area contributed by atoms with Gasteiger partial charge < -0.3 is 43.3 Å². The Morgan fingerprint density at radius 1 is 0.800 bits per heavy atom. The van der Waals surface area contributed by atoms with Crippen molar-refractivity contribution < 1.29 is 47.1 Å². The standard InChI is InChI=1S/C36H37ClFN3O9/c37-31-20-28(5-8-34(31)49-21-25-2-1-3-27(38)18-25)41-36-30-19-26(4-7-32(30)39-24-40-36)33-9-6-29(50-33)22-47-16-14-45-12-10-44-11-13-46-15-17-48-23-35(42)43/h1-9,18-20,24H,10-17,21-23H2,(H,42,43)(H,39,40,41). The minimum absolute atomic E-state index is 0.186. The van der Waals surface area contributed by atoms with Crippen molar-refractivity contribution in [2.45, 2.75) is 13.2 Å². The van der Waals surface area contributed by atoms with Gasteiger partial charge in [0.25, 0.3) is 0 Å². The van der Waals surface area contributed by atoms with Crippen molar-refractivity contribution in [3.05, 3.63) is 101 Å². The summed E-state index contributed by atoms with van der Waals surface area (Å²) in [5, 5.41) is 13.0. The van der Waals surface area contributed by atoms with E-state index in [1.165, 1.54) is 18.5 Å². The van der Waals surface area contributed by atoms with E-state index in [0.29, 0.717) is 92.2 Å². The van der Waals surface area contributed by atoms with E-state index < -0.39 is 5.97 Å². The van der Waals surface area contributed by atoms with Crippen LogP contribution >= 0.6 is 11.6 Å².